The third-order valence-corrected chi connectivity index (χ3v) is 6.26. The summed E-state index contributed by atoms with van der Waals surface area (Å²) in [5.41, 5.74) is 9.63. The zero-order chi connectivity index (χ0) is 16.8. The average molecular weight is 325 g/mol. The van der Waals surface area contributed by atoms with Gasteiger partial charge in [-0.3, -0.25) is 4.79 Å². The first-order valence-electron chi connectivity index (χ1n) is 9.14. The number of benzene rings is 1. The molecule has 3 aliphatic heterocycles. The van der Waals surface area contributed by atoms with E-state index in [9.17, 15) is 4.79 Å². The van der Waals surface area contributed by atoms with Crippen LogP contribution < -0.4 is 5.73 Å². The lowest BCUT2D eigenvalue weighted by atomic mass is 9.75. The molecule has 2 bridgehead atoms. The second-order valence-corrected chi connectivity index (χ2v) is 7.69. The summed E-state index contributed by atoms with van der Waals surface area (Å²) in [6.07, 6.45) is 3.35. The normalized spacial score (nSPS) is 27.5. The molecule has 1 aromatic heterocycles. The Labute approximate surface area is 143 Å². The van der Waals surface area contributed by atoms with Crippen molar-refractivity contribution in [2.45, 2.75) is 32.1 Å². The zero-order valence-electron chi connectivity index (χ0n) is 14.7. The number of carbonyl (C=O) groups excluding carboxylic acids is 1. The van der Waals surface area contributed by atoms with Gasteiger partial charge in [0.1, 0.15) is 0 Å². The second-order valence-electron chi connectivity index (χ2n) is 7.69. The molecule has 2 aromatic rings. The smallest absolute Gasteiger partial charge is 0.220 e. The number of para-hydroxylation sites is 1. The first-order chi connectivity index (χ1) is 11.6. The third-order valence-electron chi connectivity index (χ3n) is 6.26. The molecule has 3 fully saturated rings. The largest absolute Gasteiger partial charge is 0.369 e. The van der Waals surface area contributed by atoms with Crippen molar-refractivity contribution in [2.75, 3.05) is 19.6 Å². The summed E-state index contributed by atoms with van der Waals surface area (Å²) >= 11 is 0. The van der Waals surface area contributed by atoms with Gasteiger partial charge in [-0.15, -0.1) is 0 Å². The second kappa shape index (κ2) is 5.92. The Hall–Kier alpha value is -1.81. The summed E-state index contributed by atoms with van der Waals surface area (Å²) in [4.78, 5) is 14.3. The molecule has 0 radical (unpaired) electrons. The van der Waals surface area contributed by atoms with E-state index in [0.29, 0.717) is 5.92 Å². The molecule has 4 nitrogen and oxygen atoms in total. The summed E-state index contributed by atoms with van der Waals surface area (Å²) < 4.78 is 2.38. The fourth-order valence-electron chi connectivity index (χ4n) is 4.86. The van der Waals surface area contributed by atoms with Crippen LogP contribution in [-0.4, -0.2) is 35.0 Å². The van der Waals surface area contributed by atoms with Gasteiger partial charge in [0.2, 0.25) is 5.91 Å². The van der Waals surface area contributed by atoms with Crippen molar-refractivity contribution in [2.24, 2.45) is 24.6 Å². The van der Waals surface area contributed by atoms with Gasteiger partial charge in [0.05, 0.1) is 0 Å². The van der Waals surface area contributed by atoms with E-state index in [1.54, 1.807) is 0 Å². The molecule has 1 amide bonds. The molecule has 5 rings (SSSR count). The molecule has 2 N–H and O–H groups in total. The number of primary amides is 1. The van der Waals surface area contributed by atoms with Gasteiger partial charge in [-0.05, 0) is 49.9 Å². The number of hydrogen-bond acceptors (Lipinski definition) is 2. The summed E-state index contributed by atoms with van der Waals surface area (Å²) in [5, 5.41) is 1.29. The predicted molar refractivity (Wildman–Crippen MR) is 96.9 cm³/mol. The minimum absolute atomic E-state index is 0.129. The highest BCUT2D eigenvalue weighted by molar-refractivity contribution is 5.87. The summed E-state index contributed by atoms with van der Waals surface area (Å²) in [6, 6.07) is 8.59. The maximum Gasteiger partial charge on any atom is 0.220 e. The fourth-order valence-corrected chi connectivity index (χ4v) is 4.86. The minimum atomic E-state index is -0.206. The van der Waals surface area contributed by atoms with E-state index in [1.165, 1.54) is 48.1 Å². The van der Waals surface area contributed by atoms with E-state index in [0.717, 1.165) is 18.9 Å². The van der Waals surface area contributed by atoms with E-state index in [1.807, 2.05) is 6.92 Å². The van der Waals surface area contributed by atoms with Crippen molar-refractivity contribution >= 4 is 16.8 Å². The Morgan fingerprint density at radius 1 is 1.29 bits per heavy atom. The van der Waals surface area contributed by atoms with E-state index in [4.69, 9.17) is 5.73 Å². The summed E-state index contributed by atoms with van der Waals surface area (Å²) in [6.45, 7) is 5.60. The number of rotatable bonds is 4. The lowest BCUT2D eigenvalue weighted by Crippen LogP contribution is -2.46. The first kappa shape index (κ1) is 15.7. The number of nitrogens with two attached hydrogens (primary N) is 1. The van der Waals surface area contributed by atoms with Crippen molar-refractivity contribution in [1.82, 2.24) is 9.47 Å². The number of carbonyl (C=O) groups is 1. The zero-order valence-corrected chi connectivity index (χ0v) is 14.7. The van der Waals surface area contributed by atoms with Gasteiger partial charge in [0, 0.05) is 42.0 Å². The molecular weight excluding hydrogens is 298 g/mol. The van der Waals surface area contributed by atoms with Crippen molar-refractivity contribution in [3.63, 3.8) is 0 Å². The standard InChI is InChI=1S/C20H27N3O/c1-13(20(21)24)11-16-15-5-3-4-6-18(15)22(2)19(16)17-12-23-9-7-14(17)8-10-23/h3-6,13-14,17H,7-12H2,1-2H3,(H2,21,24). The van der Waals surface area contributed by atoms with Crippen molar-refractivity contribution in [1.29, 1.82) is 0 Å². The van der Waals surface area contributed by atoms with Crippen LogP contribution in [0.4, 0.5) is 0 Å². The number of hydrogen-bond donors (Lipinski definition) is 1. The molecule has 128 valence electrons. The first-order valence-corrected chi connectivity index (χ1v) is 9.14. The van der Waals surface area contributed by atoms with Crippen LogP contribution in [0.15, 0.2) is 24.3 Å². The number of amides is 1. The summed E-state index contributed by atoms with van der Waals surface area (Å²) in [7, 11) is 2.19. The van der Waals surface area contributed by atoms with E-state index in [2.05, 4.69) is 40.8 Å². The quantitative estimate of drug-likeness (QED) is 0.939. The highest BCUT2D eigenvalue weighted by Crippen LogP contribution is 2.43. The van der Waals surface area contributed by atoms with Gasteiger partial charge in [0.25, 0.3) is 0 Å². The van der Waals surface area contributed by atoms with Crippen LogP contribution in [0.1, 0.15) is 36.9 Å². The van der Waals surface area contributed by atoms with E-state index < -0.39 is 0 Å². The molecule has 0 aliphatic carbocycles. The van der Waals surface area contributed by atoms with Crippen LogP contribution in [0, 0.1) is 11.8 Å². The average Bonchev–Trinajstić information content (AvgIpc) is 2.88. The Balaban J connectivity index is 1.84. The minimum Gasteiger partial charge on any atom is -0.369 e. The van der Waals surface area contributed by atoms with Crippen molar-refractivity contribution < 1.29 is 4.79 Å². The molecular formula is C20H27N3O. The topological polar surface area (TPSA) is 51.3 Å². The lowest BCUT2D eigenvalue weighted by molar-refractivity contribution is -0.121. The fraction of sp³-hybridized carbons (Fsp3) is 0.550. The molecule has 2 unspecified atom stereocenters. The van der Waals surface area contributed by atoms with Crippen LogP contribution >= 0.6 is 0 Å². The van der Waals surface area contributed by atoms with Crippen LogP contribution in [-0.2, 0) is 18.3 Å². The molecule has 3 aliphatic rings. The molecule has 0 saturated carbocycles. The number of aryl methyl sites for hydroxylation is 1. The van der Waals surface area contributed by atoms with Gasteiger partial charge in [-0.1, -0.05) is 25.1 Å². The summed E-state index contributed by atoms with van der Waals surface area (Å²) in [5.74, 6) is 1.03. The maximum absolute atomic E-state index is 11.7. The van der Waals surface area contributed by atoms with Crippen molar-refractivity contribution in [3.8, 4) is 0 Å². The number of nitrogens with zero attached hydrogens (tertiary/aromatic N) is 2. The van der Waals surface area contributed by atoms with Crippen LogP contribution in [0.5, 0.6) is 0 Å². The van der Waals surface area contributed by atoms with Gasteiger partial charge < -0.3 is 15.2 Å². The molecule has 2 atom stereocenters. The number of piperidine rings is 3. The molecule has 0 spiro atoms. The van der Waals surface area contributed by atoms with Crippen molar-refractivity contribution in [3.05, 3.63) is 35.5 Å². The highest BCUT2D eigenvalue weighted by Gasteiger charge is 2.38. The predicted octanol–water partition coefficient (Wildman–Crippen LogP) is 2.65. The van der Waals surface area contributed by atoms with E-state index in [-0.39, 0.29) is 11.8 Å². The third kappa shape index (κ3) is 2.44. The Bertz CT molecular complexity index is 771. The number of fused-ring (bicyclic) bond motifs is 4. The Kier molecular flexibility index (Phi) is 3.87. The van der Waals surface area contributed by atoms with E-state index >= 15 is 0 Å². The van der Waals surface area contributed by atoms with Gasteiger partial charge >= 0.3 is 0 Å². The highest BCUT2D eigenvalue weighted by atomic mass is 16.1. The maximum atomic E-state index is 11.7. The molecule has 4 heteroatoms. The van der Waals surface area contributed by atoms with Gasteiger partial charge in [0.15, 0.2) is 0 Å². The molecule has 24 heavy (non-hydrogen) atoms. The SMILES string of the molecule is CC(Cc1c(C2CN3CCC2CC3)n(C)c2ccccc12)C(N)=O. The van der Waals surface area contributed by atoms with Gasteiger partial charge in [-0.2, -0.15) is 0 Å². The molecule has 4 heterocycles. The number of aromatic nitrogens is 1. The van der Waals surface area contributed by atoms with Crippen LogP contribution in [0.2, 0.25) is 0 Å². The van der Waals surface area contributed by atoms with Crippen LogP contribution in [0.3, 0.4) is 0 Å². The van der Waals surface area contributed by atoms with Gasteiger partial charge in [-0.25, -0.2) is 0 Å². The van der Waals surface area contributed by atoms with Crippen LogP contribution in [0.25, 0.3) is 10.9 Å². The Morgan fingerprint density at radius 3 is 2.62 bits per heavy atom. The molecule has 3 saturated heterocycles. The molecule has 1 aromatic carbocycles. The monoisotopic (exact) mass is 325 g/mol. The Morgan fingerprint density at radius 2 is 2.00 bits per heavy atom. The lowest BCUT2D eigenvalue weighted by Gasteiger charge is -2.45.